The molecule has 0 spiro atoms. The molecular weight excluding hydrogens is 340 g/mol. The molecule has 2 aromatic carbocycles. The first kappa shape index (κ1) is 14.9. The molecule has 0 aliphatic heterocycles. The van der Waals surface area contributed by atoms with Crippen molar-refractivity contribution in [3.63, 3.8) is 0 Å². The van der Waals surface area contributed by atoms with Crippen molar-refractivity contribution >= 4 is 44.8 Å². The van der Waals surface area contributed by atoms with Crippen molar-refractivity contribution in [3.8, 4) is 0 Å². The minimum atomic E-state index is -0.213. The van der Waals surface area contributed by atoms with Gasteiger partial charge in [0.1, 0.15) is 0 Å². The molecule has 0 unspecified atom stereocenters. The van der Waals surface area contributed by atoms with Crippen molar-refractivity contribution < 1.29 is 4.79 Å². The van der Waals surface area contributed by atoms with Gasteiger partial charge in [0, 0.05) is 20.7 Å². The first-order valence-electron chi connectivity index (χ1n) is 6.02. The third-order valence-electron chi connectivity index (χ3n) is 3.12. The Hall–Kier alpha value is -1.52. The van der Waals surface area contributed by atoms with Crippen LogP contribution in [0.3, 0.4) is 0 Å². The molecule has 0 radical (unpaired) electrons. The number of nitrogen functional groups attached to an aromatic ring is 1. The van der Waals surface area contributed by atoms with Crippen LogP contribution in [0.15, 0.2) is 34.8 Å². The summed E-state index contributed by atoms with van der Waals surface area (Å²) in [4.78, 5) is 12.3. The quantitative estimate of drug-likeness (QED) is 0.778. The van der Waals surface area contributed by atoms with E-state index >= 15 is 0 Å². The summed E-state index contributed by atoms with van der Waals surface area (Å²) in [5.41, 5.74) is 9.30. The minimum absolute atomic E-state index is 0.213. The Balaban J connectivity index is 2.33. The van der Waals surface area contributed by atoms with Gasteiger partial charge < -0.3 is 11.1 Å². The van der Waals surface area contributed by atoms with Gasteiger partial charge >= 0.3 is 0 Å². The number of benzene rings is 2. The summed E-state index contributed by atoms with van der Waals surface area (Å²) in [6.45, 7) is 3.72. The second kappa shape index (κ2) is 5.85. The molecule has 2 aromatic rings. The SMILES string of the molecule is Cc1cc(Br)c(NC(=O)c2cccc(N)c2C)cc1Cl. The van der Waals surface area contributed by atoms with Crippen molar-refractivity contribution in [2.45, 2.75) is 13.8 Å². The van der Waals surface area contributed by atoms with E-state index in [4.69, 9.17) is 17.3 Å². The molecule has 0 fully saturated rings. The van der Waals surface area contributed by atoms with E-state index in [-0.39, 0.29) is 5.91 Å². The Labute approximate surface area is 131 Å². The molecule has 20 heavy (non-hydrogen) atoms. The van der Waals surface area contributed by atoms with Gasteiger partial charge in [-0.25, -0.2) is 0 Å². The molecule has 0 saturated carbocycles. The third-order valence-corrected chi connectivity index (χ3v) is 4.18. The fourth-order valence-electron chi connectivity index (χ4n) is 1.83. The van der Waals surface area contributed by atoms with Crippen LogP contribution in [0.25, 0.3) is 0 Å². The van der Waals surface area contributed by atoms with Crippen molar-refractivity contribution in [2.24, 2.45) is 0 Å². The van der Waals surface area contributed by atoms with Gasteiger partial charge in [0.15, 0.2) is 0 Å². The zero-order chi connectivity index (χ0) is 14.9. The van der Waals surface area contributed by atoms with Crippen LogP contribution in [0.5, 0.6) is 0 Å². The topological polar surface area (TPSA) is 55.1 Å². The number of hydrogen-bond acceptors (Lipinski definition) is 2. The monoisotopic (exact) mass is 352 g/mol. The summed E-state index contributed by atoms with van der Waals surface area (Å²) < 4.78 is 0.786. The average molecular weight is 354 g/mol. The van der Waals surface area contributed by atoms with E-state index in [9.17, 15) is 4.79 Å². The molecule has 0 aliphatic carbocycles. The highest BCUT2D eigenvalue weighted by molar-refractivity contribution is 9.10. The van der Waals surface area contributed by atoms with E-state index < -0.39 is 0 Å². The maximum absolute atomic E-state index is 12.3. The van der Waals surface area contributed by atoms with E-state index in [1.165, 1.54) is 0 Å². The summed E-state index contributed by atoms with van der Waals surface area (Å²) in [5, 5.41) is 3.44. The molecule has 1 amide bonds. The number of hydrogen-bond donors (Lipinski definition) is 2. The number of rotatable bonds is 2. The highest BCUT2D eigenvalue weighted by Crippen LogP contribution is 2.29. The number of anilines is 2. The lowest BCUT2D eigenvalue weighted by atomic mass is 10.1. The molecule has 5 heteroatoms. The Morgan fingerprint density at radius 3 is 2.70 bits per heavy atom. The van der Waals surface area contributed by atoms with Crippen LogP contribution in [0, 0.1) is 13.8 Å². The minimum Gasteiger partial charge on any atom is -0.398 e. The van der Waals surface area contributed by atoms with Gasteiger partial charge in [-0.3, -0.25) is 4.79 Å². The predicted octanol–water partition coefficient (Wildman–Crippen LogP) is 4.55. The number of amides is 1. The average Bonchev–Trinajstić information content (AvgIpc) is 2.39. The standard InChI is InChI=1S/C15H14BrClN2O/c1-8-6-11(16)14(7-12(8)17)19-15(20)10-4-3-5-13(18)9(10)2/h3-7H,18H2,1-2H3,(H,19,20). The Bertz CT molecular complexity index is 686. The first-order chi connectivity index (χ1) is 9.40. The number of aryl methyl sites for hydroxylation is 1. The fraction of sp³-hybridized carbons (Fsp3) is 0.133. The molecular formula is C15H14BrClN2O. The van der Waals surface area contributed by atoms with Crippen molar-refractivity contribution in [1.29, 1.82) is 0 Å². The smallest absolute Gasteiger partial charge is 0.256 e. The molecule has 3 N–H and O–H groups in total. The van der Waals surface area contributed by atoms with Gasteiger partial charge in [0.2, 0.25) is 0 Å². The molecule has 0 saturated heterocycles. The zero-order valence-electron chi connectivity index (χ0n) is 11.1. The van der Waals surface area contributed by atoms with E-state index in [1.807, 2.05) is 19.9 Å². The highest BCUT2D eigenvalue weighted by Gasteiger charge is 2.13. The molecule has 0 aromatic heterocycles. The maximum atomic E-state index is 12.3. The molecule has 0 heterocycles. The van der Waals surface area contributed by atoms with Crippen molar-refractivity contribution in [2.75, 3.05) is 11.1 Å². The molecule has 2 rings (SSSR count). The van der Waals surface area contributed by atoms with Crippen LogP contribution >= 0.6 is 27.5 Å². The van der Waals surface area contributed by atoms with Crippen molar-refractivity contribution in [3.05, 3.63) is 56.5 Å². The fourth-order valence-corrected chi connectivity index (χ4v) is 2.55. The lowest BCUT2D eigenvalue weighted by Crippen LogP contribution is -2.14. The van der Waals surface area contributed by atoms with Gasteiger partial charge in [-0.1, -0.05) is 17.7 Å². The summed E-state index contributed by atoms with van der Waals surface area (Å²) in [6, 6.07) is 8.86. The molecule has 0 aliphatic rings. The van der Waals surface area contributed by atoms with Crippen LogP contribution in [0.1, 0.15) is 21.5 Å². The maximum Gasteiger partial charge on any atom is 0.256 e. The number of carbonyl (C=O) groups excluding carboxylic acids is 1. The van der Waals surface area contributed by atoms with Crippen LogP contribution in [-0.2, 0) is 0 Å². The van der Waals surface area contributed by atoms with Gasteiger partial charge in [-0.05, 0) is 65.2 Å². The first-order valence-corrected chi connectivity index (χ1v) is 7.19. The van der Waals surface area contributed by atoms with E-state index in [1.54, 1.807) is 24.3 Å². The van der Waals surface area contributed by atoms with Crippen LogP contribution in [0.2, 0.25) is 5.02 Å². The second-order valence-electron chi connectivity index (χ2n) is 4.56. The Kier molecular flexibility index (Phi) is 4.35. The summed E-state index contributed by atoms with van der Waals surface area (Å²) in [5.74, 6) is -0.213. The van der Waals surface area contributed by atoms with Gasteiger partial charge in [-0.2, -0.15) is 0 Å². The highest BCUT2D eigenvalue weighted by atomic mass is 79.9. The zero-order valence-corrected chi connectivity index (χ0v) is 13.5. The largest absolute Gasteiger partial charge is 0.398 e. The van der Waals surface area contributed by atoms with Gasteiger partial charge in [-0.15, -0.1) is 0 Å². The van der Waals surface area contributed by atoms with E-state index in [0.717, 1.165) is 15.6 Å². The molecule has 0 bridgehead atoms. The Morgan fingerprint density at radius 2 is 2.00 bits per heavy atom. The van der Waals surface area contributed by atoms with Crippen molar-refractivity contribution in [1.82, 2.24) is 0 Å². The number of carbonyl (C=O) groups is 1. The lowest BCUT2D eigenvalue weighted by Gasteiger charge is -2.12. The lowest BCUT2D eigenvalue weighted by molar-refractivity contribution is 0.102. The number of nitrogens with two attached hydrogens (primary N) is 1. The number of halogens is 2. The summed E-state index contributed by atoms with van der Waals surface area (Å²) in [7, 11) is 0. The van der Waals surface area contributed by atoms with Crippen LogP contribution in [0.4, 0.5) is 11.4 Å². The summed E-state index contributed by atoms with van der Waals surface area (Å²) >= 11 is 9.50. The summed E-state index contributed by atoms with van der Waals surface area (Å²) in [6.07, 6.45) is 0. The van der Waals surface area contributed by atoms with Gasteiger partial charge in [0.25, 0.3) is 5.91 Å². The normalized spacial score (nSPS) is 10.4. The number of nitrogens with one attached hydrogen (secondary N) is 1. The Morgan fingerprint density at radius 1 is 1.30 bits per heavy atom. The molecule has 3 nitrogen and oxygen atoms in total. The van der Waals surface area contributed by atoms with Crippen LogP contribution in [-0.4, -0.2) is 5.91 Å². The third kappa shape index (κ3) is 2.97. The van der Waals surface area contributed by atoms with Crippen LogP contribution < -0.4 is 11.1 Å². The predicted molar refractivity (Wildman–Crippen MR) is 87.4 cm³/mol. The van der Waals surface area contributed by atoms with E-state index in [0.29, 0.717) is 22.0 Å². The van der Waals surface area contributed by atoms with E-state index in [2.05, 4.69) is 21.2 Å². The second-order valence-corrected chi connectivity index (χ2v) is 5.82. The van der Waals surface area contributed by atoms with Gasteiger partial charge in [0.05, 0.1) is 5.69 Å². The molecule has 0 atom stereocenters. The molecule has 104 valence electrons.